The molecule has 0 spiro atoms. The zero-order valence-corrected chi connectivity index (χ0v) is 17.6. The van der Waals surface area contributed by atoms with E-state index in [9.17, 15) is 19.1 Å². The second kappa shape index (κ2) is 7.62. The molecule has 128 valence electrons. The average Bonchev–Trinajstić information content (AvgIpc) is 2.82. The molecule has 2 amide bonds. The van der Waals surface area contributed by atoms with Crippen LogP contribution < -0.4 is 0 Å². The molecule has 4 nitrogen and oxygen atoms in total. The molecule has 25 heavy (non-hydrogen) atoms. The number of imide groups is 1. The lowest BCUT2D eigenvalue weighted by Crippen LogP contribution is -2.27. The van der Waals surface area contributed by atoms with Gasteiger partial charge in [-0.3, -0.25) is 14.5 Å². The number of phenols is 1. The van der Waals surface area contributed by atoms with Gasteiger partial charge in [-0.2, -0.15) is 0 Å². The second-order valence-electron chi connectivity index (χ2n) is 5.23. The van der Waals surface area contributed by atoms with E-state index in [-0.39, 0.29) is 29.3 Å². The Kier molecular flexibility index (Phi) is 5.68. The largest absolute Gasteiger partial charge is 0.506 e. The van der Waals surface area contributed by atoms with Gasteiger partial charge in [0.05, 0.1) is 18.6 Å². The number of carbonyl (C=O) groups is 2. The Bertz CT molecular complexity index is 876. The van der Waals surface area contributed by atoms with E-state index in [4.69, 9.17) is 0 Å². The predicted molar refractivity (Wildman–Crippen MR) is 111 cm³/mol. The maximum atomic E-state index is 13.0. The highest BCUT2D eigenvalue weighted by Crippen LogP contribution is 2.35. The molecule has 0 unspecified atom stereocenters. The minimum absolute atomic E-state index is 0.104. The van der Waals surface area contributed by atoms with Gasteiger partial charge in [0.25, 0.3) is 11.1 Å². The van der Waals surface area contributed by atoms with Crippen LogP contribution in [0.5, 0.6) is 5.75 Å². The summed E-state index contributed by atoms with van der Waals surface area (Å²) in [5, 5.41) is 9.46. The van der Waals surface area contributed by atoms with E-state index >= 15 is 0 Å². The molecule has 0 radical (unpaired) electrons. The minimum atomic E-state index is -0.377. The maximum absolute atomic E-state index is 13.0. The van der Waals surface area contributed by atoms with Crippen LogP contribution in [0.25, 0.3) is 6.08 Å². The molecule has 1 aliphatic heterocycles. The van der Waals surface area contributed by atoms with Gasteiger partial charge in [-0.15, -0.1) is 0 Å². The van der Waals surface area contributed by atoms with E-state index in [1.165, 1.54) is 12.1 Å². The molecule has 0 atom stereocenters. The van der Waals surface area contributed by atoms with Crippen molar-refractivity contribution < 1.29 is 19.1 Å². The summed E-state index contributed by atoms with van der Waals surface area (Å²) < 4.78 is 14.3. The number of nitrogens with zero attached hydrogens (tertiary/aromatic N) is 1. The monoisotopic (exact) mass is 581 g/mol. The van der Waals surface area contributed by atoms with Gasteiger partial charge in [-0.05, 0) is 98.4 Å². The predicted octanol–water partition coefficient (Wildman–Crippen LogP) is 4.98. The zero-order valence-electron chi connectivity index (χ0n) is 12.5. The molecule has 2 aromatic rings. The summed E-state index contributed by atoms with van der Waals surface area (Å²) in [6.07, 6.45) is 1.64. The topological polar surface area (TPSA) is 57.6 Å². The molecule has 2 aromatic carbocycles. The smallest absolute Gasteiger partial charge is 0.293 e. The van der Waals surface area contributed by atoms with Crippen LogP contribution in [0.3, 0.4) is 0 Å². The number of amides is 2. The van der Waals surface area contributed by atoms with Crippen LogP contribution in [0, 0.1) is 13.0 Å². The number of thioether (sulfide) groups is 1. The third kappa shape index (κ3) is 4.17. The van der Waals surface area contributed by atoms with Crippen molar-refractivity contribution >= 4 is 74.2 Å². The van der Waals surface area contributed by atoms with E-state index in [2.05, 4.69) is 0 Å². The summed E-state index contributed by atoms with van der Waals surface area (Å²) in [5.74, 6) is -0.547. The average molecular weight is 581 g/mol. The van der Waals surface area contributed by atoms with Crippen LogP contribution in [0.1, 0.15) is 11.1 Å². The fourth-order valence-electron chi connectivity index (χ4n) is 2.23. The van der Waals surface area contributed by atoms with Crippen LogP contribution in [0.2, 0.25) is 0 Å². The van der Waals surface area contributed by atoms with Gasteiger partial charge >= 0.3 is 0 Å². The summed E-state index contributed by atoms with van der Waals surface area (Å²) in [6, 6.07) is 9.17. The van der Waals surface area contributed by atoms with Crippen molar-refractivity contribution in [1.82, 2.24) is 4.90 Å². The lowest BCUT2D eigenvalue weighted by Gasteiger charge is -2.12. The quantitative estimate of drug-likeness (QED) is 0.411. The van der Waals surface area contributed by atoms with Crippen LogP contribution in [-0.2, 0) is 11.3 Å². The Hall–Kier alpha value is -1.14. The number of carbonyl (C=O) groups excluding carboxylic acids is 2. The first-order chi connectivity index (χ1) is 11.8. The summed E-state index contributed by atoms with van der Waals surface area (Å²) in [7, 11) is 0. The zero-order chi connectivity index (χ0) is 18.1. The van der Waals surface area contributed by atoms with Crippen LogP contribution in [-0.4, -0.2) is 21.2 Å². The van der Waals surface area contributed by atoms with E-state index in [1.54, 1.807) is 30.3 Å². The van der Waals surface area contributed by atoms with Crippen LogP contribution in [0.15, 0.2) is 41.3 Å². The number of phenolic OH excluding ortho intramolecular Hbond substituents is 1. The fourth-order valence-corrected chi connectivity index (χ4v) is 4.88. The SMILES string of the molecule is O=C1S/C(=C\c2cc(I)c(O)c(I)c2)C(=O)N1Cc1ccc(F)cc1. The molecule has 3 rings (SSSR count). The second-order valence-corrected chi connectivity index (χ2v) is 8.55. The highest BCUT2D eigenvalue weighted by molar-refractivity contribution is 14.1. The first-order valence-corrected chi connectivity index (χ1v) is 10.0. The Labute approximate surface area is 174 Å². The molecule has 1 aliphatic rings. The van der Waals surface area contributed by atoms with E-state index in [0.717, 1.165) is 22.2 Å². The van der Waals surface area contributed by atoms with E-state index in [0.29, 0.717) is 17.6 Å². The van der Waals surface area contributed by atoms with Crippen molar-refractivity contribution in [2.45, 2.75) is 6.54 Å². The van der Waals surface area contributed by atoms with Gasteiger partial charge in [0.15, 0.2) is 0 Å². The van der Waals surface area contributed by atoms with Crippen molar-refractivity contribution in [3.8, 4) is 5.75 Å². The molecule has 0 saturated carbocycles. The molecule has 8 heteroatoms. The number of aromatic hydroxyl groups is 1. The number of benzene rings is 2. The molecular weight excluding hydrogens is 571 g/mol. The van der Waals surface area contributed by atoms with Gasteiger partial charge in [0.2, 0.25) is 0 Å². The van der Waals surface area contributed by atoms with Crippen molar-refractivity contribution in [3.05, 3.63) is 65.4 Å². The van der Waals surface area contributed by atoms with Crippen LogP contribution >= 0.6 is 56.9 Å². The number of hydrogen-bond acceptors (Lipinski definition) is 4. The number of rotatable bonds is 3. The molecule has 0 aromatic heterocycles. The van der Waals surface area contributed by atoms with Gasteiger partial charge in [-0.25, -0.2) is 4.39 Å². The van der Waals surface area contributed by atoms with E-state index < -0.39 is 0 Å². The summed E-state index contributed by atoms with van der Waals surface area (Å²) >= 11 is 4.89. The van der Waals surface area contributed by atoms with Crippen molar-refractivity contribution in [1.29, 1.82) is 0 Å². The van der Waals surface area contributed by atoms with Gasteiger partial charge in [0.1, 0.15) is 11.6 Å². The Morgan fingerprint density at radius 2 is 1.72 bits per heavy atom. The molecule has 1 heterocycles. The summed E-state index contributed by atoms with van der Waals surface area (Å²) in [4.78, 5) is 26.1. The molecule has 1 fully saturated rings. The summed E-state index contributed by atoms with van der Waals surface area (Å²) in [6.45, 7) is 0.104. The van der Waals surface area contributed by atoms with E-state index in [1.807, 2.05) is 45.2 Å². The molecule has 1 N–H and O–H groups in total. The fraction of sp³-hybridized carbons (Fsp3) is 0.0588. The molecule has 1 saturated heterocycles. The lowest BCUT2D eigenvalue weighted by atomic mass is 10.2. The van der Waals surface area contributed by atoms with Gasteiger partial charge in [0, 0.05) is 0 Å². The number of hydrogen-bond donors (Lipinski definition) is 1. The van der Waals surface area contributed by atoms with Crippen molar-refractivity contribution in [3.63, 3.8) is 0 Å². The normalized spacial score (nSPS) is 16.1. The molecule has 0 aliphatic carbocycles. The Balaban J connectivity index is 1.84. The molecule has 0 bridgehead atoms. The Morgan fingerprint density at radius 3 is 2.32 bits per heavy atom. The highest BCUT2D eigenvalue weighted by Gasteiger charge is 2.35. The van der Waals surface area contributed by atoms with Gasteiger partial charge in [-0.1, -0.05) is 12.1 Å². The first-order valence-electron chi connectivity index (χ1n) is 7.03. The lowest BCUT2D eigenvalue weighted by molar-refractivity contribution is -0.123. The number of halogens is 3. The molecular formula is C17H10FI2NO3S. The van der Waals surface area contributed by atoms with Crippen molar-refractivity contribution in [2.24, 2.45) is 0 Å². The first kappa shape index (κ1) is 18.6. The third-order valence-electron chi connectivity index (χ3n) is 3.46. The third-order valence-corrected chi connectivity index (χ3v) is 6.02. The van der Waals surface area contributed by atoms with Crippen molar-refractivity contribution in [2.75, 3.05) is 0 Å². The standard InChI is InChI=1S/C17H10FI2NO3S/c18-11-3-1-9(2-4-11)8-21-16(23)14(25-17(21)24)7-10-5-12(19)15(22)13(20)6-10/h1-7,22H,8H2/b14-7-. The summed E-state index contributed by atoms with van der Waals surface area (Å²) in [5.41, 5.74) is 1.41. The minimum Gasteiger partial charge on any atom is -0.506 e. The van der Waals surface area contributed by atoms with Gasteiger partial charge < -0.3 is 5.11 Å². The van der Waals surface area contributed by atoms with Crippen LogP contribution in [0.4, 0.5) is 9.18 Å². The highest BCUT2D eigenvalue weighted by atomic mass is 127. The maximum Gasteiger partial charge on any atom is 0.293 e. The Morgan fingerprint density at radius 1 is 1.12 bits per heavy atom.